The lowest BCUT2D eigenvalue weighted by Gasteiger charge is -2.15. The summed E-state index contributed by atoms with van der Waals surface area (Å²) in [6.45, 7) is 2.11. The lowest BCUT2D eigenvalue weighted by Crippen LogP contribution is -2.20. The summed E-state index contributed by atoms with van der Waals surface area (Å²) in [6, 6.07) is 20.1. The van der Waals surface area contributed by atoms with Gasteiger partial charge in [-0.15, -0.1) is 0 Å². The van der Waals surface area contributed by atoms with E-state index in [-0.39, 0.29) is 18.4 Å². The van der Waals surface area contributed by atoms with E-state index >= 15 is 0 Å². The number of para-hydroxylation sites is 1. The Morgan fingerprint density at radius 3 is 2.57 bits per heavy atom. The van der Waals surface area contributed by atoms with Gasteiger partial charge in [-0.05, 0) is 101 Å². The number of anilines is 1. The van der Waals surface area contributed by atoms with Gasteiger partial charge in [0.05, 0.1) is 27.9 Å². The third-order valence-electron chi connectivity index (χ3n) is 4.99. The number of ether oxygens (including phenoxy) is 3. The number of aliphatic imine (C=N–C) groups is 1. The highest BCUT2D eigenvalue weighted by molar-refractivity contribution is 14.1. The molecule has 37 heavy (non-hydrogen) atoms. The number of hydrogen-bond donors (Lipinski definition) is 2. The van der Waals surface area contributed by atoms with Crippen molar-refractivity contribution in [1.82, 2.24) is 5.32 Å². The molecule has 0 saturated carbocycles. The molecule has 10 heteroatoms. The number of hydrogen-bond acceptors (Lipinski definition) is 7. The largest absolute Gasteiger partial charge is 0.497 e. The summed E-state index contributed by atoms with van der Waals surface area (Å²) in [4.78, 5) is 29.9. The van der Waals surface area contributed by atoms with Crippen LogP contribution in [-0.2, 0) is 9.59 Å². The predicted molar refractivity (Wildman–Crippen MR) is 155 cm³/mol. The maximum atomic E-state index is 12.6. The first-order valence-corrected chi connectivity index (χ1v) is 13.2. The molecule has 1 aliphatic rings. The number of nitrogens with one attached hydrogen (secondary N) is 2. The quantitative estimate of drug-likeness (QED) is 0.236. The number of halogens is 1. The molecule has 0 radical (unpaired) electrons. The molecule has 3 aromatic carbocycles. The molecule has 0 atom stereocenters. The summed E-state index contributed by atoms with van der Waals surface area (Å²) in [6.07, 6.45) is 1.77. The van der Waals surface area contributed by atoms with Crippen molar-refractivity contribution in [3.05, 3.63) is 80.8 Å². The van der Waals surface area contributed by atoms with Gasteiger partial charge in [0.15, 0.2) is 23.3 Å². The van der Waals surface area contributed by atoms with Gasteiger partial charge >= 0.3 is 0 Å². The maximum Gasteiger partial charge on any atom is 0.264 e. The van der Waals surface area contributed by atoms with Gasteiger partial charge in [-0.25, -0.2) is 4.99 Å². The molecule has 8 nitrogen and oxygen atoms in total. The molecule has 2 amide bonds. The van der Waals surface area contributed by atoms with Crippen LogP contribution in [0.3, 0.4) is 0 Å². The van der Waals surface area contributed by atoms with Crippen LogP contribution in [0.25, 0.3) is 6.08 Å². The maximum absolute atomic E-state index is 12.6. The van der Waals surface area contributed by atoms with E-state index < -0.39 is 0 Å². The van der Waals surface area contributed by atoms with Gasteiger partial charge < -0.3 is 24.8 Å². The molecule has 2 N–H and O–H groups in total. The van der Waals surface area contributed by atoms with Crippen LogP contribution in [0.1, 0.15) is 12.5 Å². The Kier molecular flexibility index (Phi) is 9.07. The Bertz CT molecular complexity index is 1340. The second-order valence-corrected chi connectivity index (χ2v) is 9.84. The Morgan fingerprint density at radius 1 is 1.11 bits per heavy atom. The first kappa shape index (κ1) is 26.6. The van der Waals surface area contributed by atoms with E-state index in [9.17, 15) is 9.59 Å². The number of thioether (sulfide) groups is 1. The van der Waals surface area contributed by atoms with E-state index in [1.165, 1.54) is 11.8 Å². The first-order chi connectivity index (χ1) is 17.9. The molecule has 0 bridgehead atoms. The summed E-state index contributed by atoms with van der Waals surface area (Å²) < 4.78 is 17.5. The molecule has 3 aromatic rings. The van der Waals surface area contributed by atoms with Crippen molar-refractivity contribution in [2.45, 2.75) is 6.92 Å². The number of carbonyl (C=O) groups excluding carboxylic acids is 2. The summed E-state index contributed by atoms with van der Waals surface area (Å²) in [5.74, 6) is 1.18. The van der Waals surface area contributed by atoms with Crippen LogP contribution in [-0.4, -0.2) is 37.3 Å². The van der Waals surface area contributed by atoms with E-state index in [1.54, 1.807) is 31.4 Å². The van der Waals surface area contributed by atoms with Crippen molar-refractivity contribution in [2.24, 2.45) is 4.99 Å². The Morgan fingerprint density at radius 2 is 1.86 bits per heavy atom. The molecule has 1 saturated heterocycles. The van der Waals surface area contributed by atoms with Crippen LogP contribution in [0.2, 0.25) is 0 Å². The number of rotatable bonds is 9. The standard InChI is InChI=1S/C27H24IN3O5S/c1-3-35-22-14-17(13-21(28)25(22)36-16-24(32)29-18-7-5-4-6-8-18)15-23-26(33)31-27(37-23)30-19-9-11-20(34-2)12-10-19/h4-15H,3,16H2,1-2H3,(H,29,32)(H,30,31,33)/b23-15+. The molecular weight excluding hydrogens is 605 g/mol. The summed E-state index contributed by atoms with van der Waals surface area (Å²) in [7, 11) is 1.60. The molecule has 190 valence electrons. The third-order valence-corrected chi connectivity index (χ3v) is 6.70. The Balaban J connectivity index is 1.48. The number of benzene rings is 3. The van der Waals surface area contributed by atoms with Gasteiger partial charge in [0.2, 0.25) is 0 Å². The average molecular weight is 629 g/mol. The molecule has 0 spiro atoms. The molecule has 0 unspecified atom stereocenters. The predicted octanol–water partition coefficient (Wildman–Crippen LogP) is 5.61. The highest BCUT2D eigenvalue weighted by Crippen LogP contribution is 2.36. The van der Waals surface area contributed by atoms with Gasteiger partial charge in [0, 0.05) is 5.69 Å². The van der Waals surface area contributed by atoms with Crippen LogP contribution < -0.4 is 24.8 Å². The molecule has 0 aromatic heterocycles. The number of amides is 2. The van der Waals surface area contributed by atoms with Crippen LogP contribution in [0.4, 0.5) is 11.4 Å². The Hall–Kier alpha value is -3.51. The van der Waals surface area contributed by atoms with Crippen LogP contribution in [0.5, 0.6) is 17.2 Å². The monoisotopic (exact) mass is 629 g/mol. The van der Waals surface area contributed by atoms with Crippen LogP contribution in [0, 0.1) is 3.57 Å². The minimum absolute atomic E-state index is 0.172. The fourth-order valence-electron chi connectivity index (χ4n) is 3.34. The van der Waals surface area contributed by atoms with Crippen molar-refractivity contribution in [3.63, 3.8) is 0 Å². The van der Waals surface area contributed by atoms with Gasteiger partial charge in [-0.1, -0.05) is 18.2 Å². The van der Waals surface area contributed by atoms with E-state index in [0.717, 1.165) is 14.9 Å². The summed E-state index contributed by atoms with van der Waals surface area (Å²) in [5, 5.41) is 6.08. The lowest BCUT2D eigenvalue weighted by atomic mass is 10.2. The highest BCUT2D eigenvalue weighted by atomic mass is 127. The highest BCUT2D eigenvalue weighted by Gasteiger charge is 2.24. The number of amidine groups is 1. The average Bonchev–Trinajstić information content (AvgIpc) is 3.22. The topological polar surface area (TPSA) is 98.2 Å². The zero-order valence-electron chi connectivity index (χ0n) is 20.1. The second kappa shape index (κ2) is 12.6. The second-order valence-electron chi connectivity index (χ2n) is 7.65. The number of methoxy groups -OCH3 is 1. The van der Waals surface area contributed by atoms with Gasteiger partial charge in [0.1, 0.15) is 5.75 Å². The van der Waals surface area contributed by atoms with E-state index in [2.05, 4.69) is 38.2 Å². The summed E-state index contributed by atoms with van der Waals surface area (Å²) in [5.41, 5.74) is 2.16. The fourth-order valence-corrected chi connectivity index (χ4v) is 4.96. The van der Waals surface area contributed by atoms with Gasteiger partial charge in [-0.2, -0.15) is 0 Å². The normalized spacial score (nSPS) is 14.9. The zero-order valence-corrected chi connectivity index (χ0v) is 23.1. The summed E-state index contributed by atoms with van der Waals surface area (Å²) >= 11 is 3.39. The van der Waals surface area contributed by atoms with Crippen molar-refractivity contribution in [2.75, 3.05) is 25.6 Å². The van der Waals surface area contributed by atoms with Crippen LogP contribution >= 0.6 is 34.4 Å². The van der Waals surface area contributed by atoms with E-state index in [0.29, 0.717) is 39.6 Å². The minimum atomic E-state index is -0.279. The molecule has 4 rings (SSSR count). The van der Waals surface area contributed by atoms with E-state index in [4.69, 9.17) is 14.2 Å². The Labute approximate surface area is 232 Å². The number of carbonyl (C=O) groups is 2. The fraction of sp³-hybridized carbons (Fsp3) is 0.148. The SMILES string of the molecule is CCOc1cc(/C=C2/SC(=Nc3ccc(OC)cc3)NC2=O)cc(I)c1OCC(=O)Nc1ccccc1. The molecule has 1 aliphatic heterocycles. The van der Waals surface area contributed by atoms with Crippen molar-refractivity contribution < 1.29 is 23.8 Å². The molecular formula is C27H24IN3O5S. The van der Waals surface area contributed by atoms with Crippen LogP contribution in [0.15, 0.2) is 76.6 Å². The molecule has 0 aliphatic carbocycles. The first-order valence-electron chi connectivity index (χ1n) is 11.3. The zero-order chi connectivity index (χ0) is 26.2. The van der Waals surface area contributed by atoms with Crippen molar-refractivity contribution in [1.29, 1.82) is 0 Å². The number of nitrogens with zero attached hydrogens (tertiary/aromatic N) is 1. The van der Waals surface area contributed by atoms with Crippen molar-refractivity contribution in [3.8, 4) is 17.2 Å². The van der Waals surface area contributed by atoms with Gasteiger partial charge in [0.25, 0.3) is 11.8 Å². The molecule has 1 heterocycles. The lowest BCUT2D eigenvalue weighted by molar-refractivity contribution is -0.118. The van der Waals surface area contributed by atoms with E-state index in [1.807, 2.05) is 55.5 Å². The smallest absolute Gasteiger partial charge is 0.264 e. The molecule has 1 fully saturated rings. The van der Waals surface area contributed by atoms with Gasteiger partial charge in [-0.3, -0.25) is 9.59 Å². The minimum Gasteiger partial charge on any atom is -0.497 e. The third kappa shape index (κ3) is 7.26. The van der Waals surface area contributed by atoms with Crippen molar-refractivity contribution >= 4 is 68.8 Å².